The van der Waals surface area contributed by atoms with Crippen molar-refractivity contribution in [2.24, 2.45) is 4.99 Å². The Hall–Kier alpha value is -2.82. The molecule has 1 aliphatic heterocycles. The molecule has 156 valence electrons. The second-order valence-electron chi connectivity index (χ2n) is 6.71. The zero-order valence-corrected chi connectivity index (χ0v) is 16.4. The molecule has 0 radical (unpaired) electrons. The number of aryl methyl sites for hydroxylation is 1. The van der Waals surface area contributed by atoms with Gasteiger partial charge in [-0.2, -0.15) is 18.2 Å². The zero-order chi connectivity index (χ0) is 21.3. The normalized spacial score (nSPS) is 20.2. The average molecular weight is 428 g/mol. The fourth-order valence-electron chi connectivity index (χ4n) is 3.24. The number of halogens is 3. The van der Waals surface area contributed by atoms with E-state index in [4.69, 9.17) is 5.11 Å². The van der Waals surface area contributed by atoms with Gasteiger partial charge in [-0.25, -0.2) is 9.59 Å². The van der Waals surface area contributed by atoms with Crippen LogP contribution in [0.4, 0.5) is 22.8 Å². The molecule has 2 aromatic rings. The summed E-state index contributed by atoms with van der Waals surface area (Å²) in [5, 5.41) is 11.3. The van der Waals surface area contributed by atoms with Crippen molar-refractivity contribution in [3.05, 3.63) is 45.7 Å². The van der Waals surface area contributed by atoms with E-state index in [1.54, 1.807) is 24.6 Å². The van der Waals surface area contributed by atoms with Gasteiger partial charge in [-0.3, -0.25) is 4.57 Å². The van der Waals surface area contributed by atoms with Gasteiger partial charge in [-0.1, -0.05) is 0 Å². The number of urea groups is 1. The zero-order valence-electron chi connectivity index (χ0n) is 15.6. The number of thiazole rings is 1. The maximum Gasteiger partial charge on any atom is 0.416 e. The molecule has 7 nitrogen and oxygen atoms in total. The quantitative estimate of drug-likeness (QED) is 0.766. The number of nitrogens with zero attached hydrogens (tertiary/aromatic N) is 3. The van der Waals surface area contributed by atoms with Crippen molar-refractivity contribution in [1.82, 2.24) is 14.8 Å². The Bertz CT molecular complexity index is 981. The van der Waals surface area contributed by atoms with Crippen molar-refractivity contribution in [1.29, 1.82) is 0 Å². The van der Waals surface area contributed by atoms with Gasteiger partial charge in [0.05, 0.1) is 17.6 Å². The number of amides is 3. The minimum absolute atomic E-state index is 0.328. The summed E-state index contributed by atoms with van der Waals surface area (Å²) in [4.78, 5) is 30.3. The highest BCUT2D eigenvalue weighted by Gasteiger charge is 2.35. The summed E-state index contributed by atoms with van der Waals surface area (Å²) < 4.78 is 39.9. The number of hydrogen-bond acceptors (Lipinski definition) is 3. The number of aromatic nitrogens is 1. The molecule has 2 N–H and O–H groups in total. The molecule has 3 amide bonds. The maximum absolute atomic E-state index is 12.8. The number of alkyl halides is 3. The van der Waals surface area contributed by atoms with Crippen LogP contribution in [0.15, 0.2) is 35.5 Å². The lowest BCUT2D eigenvalue weighted by molar-refractivity contribution is -0.137. The lowest BCUT2D eigenvalue weighted by atomic mass is 10.1. The van der Waals surface area contributed by atoms with Crippen LogP contribution in [0.25, 0.3) is 5.69 Å². The molecule has 0 saturated carbocycles. The molecule has 2 atom stereocenters. The Labute approximate surface area is 168 Å². The van der Waals surface area contributed by atoms with Crippen molar-refractivity contribution in [2.75, 3.05) is 6.54 Å². The van der Waals surface area contributed by atoms with Crippen LogP contribution in [0.2, 0.25) is 0 Å². The Morgan fingerprint density at radius 2 is 1.93 bits per heavy atom. The summed E-state index contributed by atoms with van der Waals surface area (Å²) in [6, 6.07) is 3.35. The molecule has 0 spiro atoms. The van der Waals surface area contributed by atoms with E-state index >= 15 is 0 Å². The maximum atomic E-state index is 12.8. The molecular weight excluding hydrogens is 409 g/mol. The van der Waals surface area contributed by atoms with Gasteiger partial charge in [0.25, 0.3) is 0 Å². The summed E-state index contributed by atoms with van der Waals surface area (Å²) in [5.41, 5.74) is -0.306. The highest BCUT2D eigenvalue weighted by Crippen LogP contribution is 2.29. The monoisotopic (exact) mass is 428 g/mol. The second-order valence-corrected chi connectivity index (χ2v) is 7.93. The summed E-state index contributed by atoms with van der Waals surface area (Å²) in [5.74, 6) is 0. The van der Waals surface area contributed by atoms with Crippen LogP contribution < -0.4 is 10.1 Å². The molecule has 1 aliphatic rings. The van der Waals surface area contributed by atoms with Crippen LogP contribution >= 0.6 is 11.3 Å². The molecule has 3 rings (SSSR count). The first-order valence-corrected chi connectivity index (χ1v) is 9.59. The molecule has 1 aromatic heterocycles. The molecule has 1 fully saturated rings. The predicted octanol–water partition coefficient (Wildman–Crippen LogP) is 3.62. The van der Waals surface area contributed by atoms with Crippen molar-refractivity contribution < 1.29 is 27.9 Å². The molecule has 0 unspecified atom stereocenters. The van der Waals surface area contributed by atoms with Crippen LogP contribution in [0, 0.1) is 6.92 Å². The van der Waals surface area contributed by atoms with Gasteiger partial charge in [-0.15, -0.1) is 11.3 Å². The van der Waals surface area contributed by atoms with E-state index in [2.05, 4.69) is 10.3 Å². The van der Waals surface area contributed by atoms with Gasteiger partial charge in [0.1, 0.15) is 0 Å². The first-order valence-electron chi connectivity index (χ1n) is 8.78. The van der Waals surface area contributed by atoms with Crippen LogP contribution in [0.1, 0.15) is 23.8 Å². The van der Waals surface area contributed by atoms with E-state index < -0.39 is 23.9 Å². The summed E-state index contributed by atoms with van der Waals surface area (Å²) in [7, 11) is 0. The Morgan fingerprint density at radius 1 is 1.28 bits per heavy atom. The molecular formula is C18H19F3N4O3S. The van der Waals surface area contributed by atoms with E-state index in [0.717, 1.165) is 17.0 Å². The number of carbonyl (C=O) groups is 2. The molecule has 0 aliphatic carbocycles. The van der Waals surface area contributed by atoms with Crippen molar-refractivity contribution >= 4 is 23.5 Å². The van der Waals surface area contributed by atoms with Crippen LogP contribution in [0.3, 0.4) is 0 Å². The van der Waals surface area contributed by atoms with Crippen LogP contribution in [0.5, 0.6) is 0 Å². The van der Waals surface area contributed by atoms with Crippen molar-refractivity contribution in [3.8, 4) is 5.69 Å². The molecule has 2 heterocycles. The molecule has 1 aromatic carbocycles. The van der Waals surface area contributed by atoms with E-state index in [9.17, 15) is 22.8 Å². The highest BCUT2D eigenvalue weighted by molar-refractivity contribution is 7.09. The number of likely N-dealkylation sites (tertiary alicyclic amines) is 1. The second kappa shape index (κ2) is 7.90. The van der Waals surface area contributed by atoms with Gasteiger partial charge in [-0.05, 0) is 44.5 Å². The largest absolute Gasteiger partial charge is 0.465 e. The van der Waals surface area contributed by atoms with Gasteiger partial charge in [0.2, 0.25) is 0 Å². The predicted molar refractivity (Wildman–Crippen MR) is 100 cm³/mol. The Morgan fingerprint density at radius 3 is 2.52 bits per heavy atom. The van der Waals surface area contributed by atoms with Crippen LogP contribution in [-0.2, 0) is 6.18 Å². The summed E-state index contributed by atoms with van der Waals surface area (Å²) >= 11 is 1.24. The van der Waals surface area contributed by atoms with E-state index in [-0.39, 0.29) is 12.1 Å². The van der Waals surface area contributed by atoms with Gasteiger partial charge >= 0.3 is 18.3 Å². The standard InChI is InChI=1S/C18H19F3N4O3S/c1-10-9-25(13-5-3-12(4-6-13)18(19,20)21)16(29-10)23-15(26)24-8-7-14(11(24)2)22-17(27)28/h3-6,9,11,14,22H,7-8H2,1-2H3,(H,27,28)/t11-,14+/m1/s1. The summed E-state index contributed by atoms with van der Waals surface area (Å²) in [6.45, 7) is 3.91. The number of benzene rings is 1. The third-order valence-corrected chi connectivity index (χ3v) is 5.64. The lowest BCUT2D eigenvalue weighted by Crippen LogP contribution is -2.44. The lowest BCUT2D eigenvalue weighted by Gasteiger charge is -2.22. The van der Waals surface area contributed by atoms with Crippen molar-refractivity contribution in [3.63, 3.8) is 0 Å². The van der Waals surface area contributed by atoms with Gasteiger partial charge < -0.3 is 15.3 Å². The SMILES string of the molecule is Cc1cn(-c2ccc(C(F)(F)F)cc2)c(=NC(=O)N2CC[C@H](NC(=O)O)[C@H]2C)s1. The fourth-order valence-corrected chi connectivity index (χ4v) is 4.06. The smallest absolute Gasteiger partial charge is 0.416 e. The third kappa shape index (κ3) is 4.61. The minimum Gasteiger partial charge on any atom is -0.465 e. The molecule has 11 heteroatoms. The third-order valence-electron chi connectivity index (χ3n) is 4.74. The molecule has 29 heavy (non-hydrogen) atoms. The van der Waals surface area contributed by atoms with E-state index in [1.807, 2.05) is 0 Å². The Balaban J connectivity index is 1.88. The van der Waals surface area contributed by atoms with Crippen molar-refractivity contribution in [2.45, 2.75) is 38.5 Å². The van der Waals surface area contributed by atoms with E-state index in [0.29, 0.717) is 23.5 Å². The Kier molecular flexibility index (Phi) is 5.69. The van der Waals surface area contributed by atoms with Gasteiger partial charge in [0.15, 0.2) is 4.80 Å². The molecule has 0 bridgehead atoms. The number of carbonyl (C=O) groups excluding carboxylic acids is 1. The number of rotatable bonds is 2. The number of carboxylic acid groups (broad SMARTS) is 1. The van der Waals surface area contributed by atoms with E-state index in [1.165, 1.54) is 28.4 Å². The average Bonchev–Trinajstić information content (AvgIpc) is 3.17. The molecule has 1 saturated heterocycles. The highest BCUT2D eigenvalue weighted by atomic mass is 32.1. The number of nitrogens with one attached hydrogen (secondary N) is 1. The van der Waals surface area contributed by atoms with Gasteiger partial charge in [0, 0.05) is 23.3 Å². The van der Waals surface area contributed by atoms with Crippen LogP contribution in [-0.4, -0.2) is 45.3 Å². The topological polar surface area (TPSA) is 86.9 Å². The first kappa shape index (κ1) is 20.9. The summed E-state index contributed by atoms with van der Waals surface area (Å²) in [6.07, 6.45) is -3.40. The first-order chi connectivity index (χ1) is 13.6. The fraction of sp³-hybridized carbons (Fsp3) is 0.389. The number of hydrogen-bond donors (Lipinski definition) is 2. The minimum atomic E-state index is -4.43.